The third-order valence-corrected chi connectivity index (χ3v) is 3.08. The molecule has 1 fully saturated rings. The molecule has 3 heteroatoms. The van der Waals surface area contributed by atoms with Crippen molar-refractivity contribution in [2.75, 3.05) is 13.2 Å². The summed E-state index contributed by atoms with van der Waals surface area (Å²) in [5, 5.41) is 3.52. The van der Waals surface area contributed by atoms with Crippen LogP contribution in [0.1, 0.15) is 37.8 Å². The molecule has 0 spiro atoms. The van der Waals surface area contributed by atoms with Gasteiger partial charge in [-0.25, -0.2) is 0 Å². The predicted molar refractivity (Wildman–Crippen MR) is 64.2 cm³/mol. The Hall–Kier alpha value is -0.930. The molecular weight excluding hydrogens is 200 g/mol. The number of hydrogen-bond donors (Lipinski definition) is 1. The fraction of sp³-hybridized carbons (Fsp3) is 0.615. The standard InChI is InChI=1S/C13H20N2O/c1-2-15-13(10-12-4-3-9-16-12)11-5-7-14-8-6-11/h5-8,12-13,15H,2-4,9-10H2,1H3. The van der Waals surface area contributed by atoms with E-state index >= 15 is 0 Å². The molecule has 88 valence electrons. The summed E-state index contributed by atoms with van der Waals surface area (Å²) in [6.07, 6.45) is 7.62. The zero-order valence-electron chi connectivity index (χ0n) is 9.86. The van der Waals surface area contributed by atoms with Gasteiger partial charge in [0.2, 0.25) is 0 Å². The van der Waals surface area contributed by atoms with Gasteiger partial charge in [0.15, 0.2) is 0 Å². The summed E-state index contributed by atoms with van der Waals surface area (Å²) in [6.45, 7) is 4.06. The van der Waals surface area contributed by atoms with Crippen LogP contribution in [0.3, 0.4) is 0 Å². The SMILES string of the molecule is CCNC(CC1CCCO1)c1ccncc1. The van der Waals surface area contributed by atoms with Crippen molar-refractivity contribution < 1.29 is 4.74 Å². The first kappa shape index (κ1) is 11.6. The molecule has 1 aromatic heterocycles. The van der Waals surface area contributed by atoms with Crippen LogP contribution in [-0.4, -0.2) is 24.2 Å². The molecule has 0 radical (unpaired) electrons. The van der Waals surface area contributed by atoms with E-state index in [1.54, 1.807) is 0 Å². The van der Waals surface area contributed by atoms with Crippen molar-refractivity contribution in [2.24, 2.45) is 0 Å². The third kappa shape index (κ3) is 3.03. The molecule has 2 unspecified atom stereocenters. The van der Waals surface area contributed by atoms with E-state index in [1.165, 1.54) is 18.4 Å². The van der Waals surface area contributed by atoms with Crippen molar-refractivity contribution in [3.63, 3.8) is 0 Å². The van der Waals surface area contributed by atoms with Gasteiger partial charge in [-0.1, -0.05) is 6.92 Å². The first-order chi connectivity index (χ1) is 7.90. The minimum Gasteiger partial charge on any atom is -0.378 e. The lowest BCUT2D eigenvalue weighted by Gasteiger charge is -2.21. The van der Waals surface area contributed by atoms with E-state index in [2.05, 4.69) is 29.4 Å². The van der Waals surface area contributed by atoms with Crippen molar-refractivity contribution in [1.29, 1.82) is 0 Å². The second-order valence-electron chi connectivity index (χ2n) is 4.26. The first-order valence-electron chi connectivity index (χ1n) is 6.15. The summed E-state index contributed by atoms with van der Waals surface area (Å²) in [7, 11) is 0. The third-order valence-electron chi connectivity index (χ3n) is 3.08. The Kier molecular flexibility index (Phi) is 4.31. The van der Waals surface area contributed by atoms with Crippen LogP contribution in [-0.2, 0) is 4.74 Å². The van der Waals surface area contributed by atoms with Crippen molar-refractivity contribution in [3.8, 4) is 0 Å². The highest BCUT2D eigenvalue weighted by Crippen LogP contribution is 2.24. The van der Waals surface area contributed by atoms with Crippen LogP contribution < -0.4 is 5.32 Å². The van der Waals surface area contributed by atoms with Crippen LogP contribution in [0.2, 0.25) is 0 Å². The molecule has 1 aliphatic heterocycles. The average molecular weight is 220 g/mol. The number of ether oxygens (including phenoxy) is 1. The summed E-state index contributed by atoms with van der Waals surface area (Å²) in [5.74, 6) is 0. The predicted octanol–water partition coefficient (Wildman–Crippen LogP) is 2.30. The Morgan fingerprint density at radius 2 is 2.31 bits per heavy atom. The highest BCUT2D eigenvalue weighted by atomic mass is 16.5. The molecule has 16 heavy (non-hydrogen) atoms. The molecule has 2 heterocycles. The fourth-order valence-corrected chi connectivity index (χ4v) is 2.27. The largest absolute Gasteiger partial charge is 0.378 e. The van der Waals surface area contributed by atoms with Gasteiger partial charge >= 0.3 is 0 Å². The molecule has 0 aliphatic carbocycles. The van der Waals surface area contributed by atoms with Crippen LogP contribution in [0.15, 0.2) is 24.5 Å². The number of pyridine rings is 1. The Morgan fingerprint density at radius 3 is 2.94 bits per heavy atom. The van der Waals surface area contributed by atoms with E-state index in [4.69, 9.17) is 4.74 Å². The number of nitrogens with zero attached hydrogens (tertiary/aromatic N) is 1. The lowest BCUT2D eigenvalue weighted by Crippen LogP contribution is -2.25. The first-order valence-corrected chi connectivity index (χ1v) is 6.15. The summed E-state index contributed by atoms with van der Waals surface area (Å²) in [6, 6.07) is 4.57. The summed E-state index contributed by atoms with van der Waals surface area (Å²) in [5.41, 5.74) is 1.31. The summed E-state index contributed by atoms with van der Waals surface area (Å²) < 4.78 is 5.70. The van der Waals surface area contributed by atoms with Gasteiger partial charge in [0.05, 0.1) is 6.10 Å². The Labute approximate surface area is 97.2 Å². The highest BCUT2D eigenvalue weighted by Gasteiger charge is 2.21. The van der Waals surface area contributed by atoms with Crippen LogP contribution in [0.25, 0.3) is 0 Å². The van der Waals surface area contributed by atoms with Gasteiger partial charge in [-0.05, 0) is 43.5 Å². The maximum absolute atomic E-state index is 5.70. The van der Waals surface area contributed by atoms with Gasteiger partial charge in [0.25, 0.3) is 0 Å². The van der Waals surface area contributed by atoms with E-state index in [0.717, 1.165) is 19.6 Å². The van der Waals surface area contributed by atoms with E-state index < -0.39 is 0 Å². The zero-order valence-corrected chi connectivity index (χ0v) is 9.86. The normalized spacial score (nSPS) is 22.2. The minimum atomic E-state index is 0.399. The van der Waals surface area contributed by atoms with Crippen molar-refractivity contribution in [3.05, 3.63) is 30.1 Å². The van der Waals surface area contributed by atoms with E-state index in [1.807, 2.05) is 12.4 Å². The van der Waals surface area contributed by atoms with Gasteiger partial charge in [-0.3, -0.25) is 4.98 Å². The maximum atomic E-state index is 5.70. The van der Waals surface area contributed by atoms with Crippen molar-refractivity contribution in [2.45, 2.75) is 38.3 Å². The van der Waals surface area contributed by atoms with Crippen LogP contribution in [0.5, 0.6) is 0 Å². The molecule has 1 aliphatic rings. The van der Waals surface area contributed by atoms with Gasteiger partial charge in [-0.2, -0.15) is 0 Å². The molecule has 0 bridgehead atoms. The summed E-state index contributed by atoms with van der Waals surface area (Å²) in [4.78, 5) is 4.06. The molecule has 0 aromatic carbocycles. The number of hydrogen-bond acceptors (Lipinski definition) is 3. The van der Waals surface area contributed by atoms with Crippen LogP contribution >= 0.6 is 0 Å². The van der Waals surface area contributed by atoms with Gasteiger partial charge in [0, 0.05) is 25.0 Å². The lowest BCUT2D eigenvalue weighted by molar-refractivity contribution is 0.0947. The molecule has 2 atom stereocenters. The molecule has 1 N–H and O–H groups in total. The smallest absolute Gasteiger partial charge is 0.0594 e. The van der Waals surface area contributed by atoms with Gasteiger partial charge in [0.1, 0.15) is 0 Å². The van der Waals surface area contributed by atoms with Crippen molar-refractivity contribution in [1.82, 2.24) is 10.3 Å². The average Bonchev–Trinajstić information content (AvgIpc) is 2.83. The molecule has 1 saturated heterocycles. The number of aromatic nitrogens is 1. The minimum absolute atomic E-state index is 0.399. The molecule has 2 rings (SSSR count). The molecule has 0 amide bonds. The zero-order chi connectivity index (χ0) is 11.2. The molecule has 3 nitrogen and oxygen atoms in total. The molecular formula is C13H20N2O. The highest BCUT2D eigenvalue weighted by molar-refractivity contribution is 5.15. The van der Waals surface area contributed by atoms with E-state index in [0.29, 0.717) is 12.1 Å². The lowest BCUT2D eigenvalue weighted by atomic mass is 10.0. The topological polar surface area (TPSA) is 34.1 Å². The number of nitrogens with one attached hydrogen (secondary N) is 1. The van der Waals surface area contributed by atoms with Gasteiger partial charge in [-0.15, -0.1) is 0 Å². The van der Waals surface area contributed by atoms with Crippen LogP contribution in [0, 0.1) is 0 Å². The second kappa shape index (κ2) is 5.97. The maximum Gasteiger partial charge on any atom is 0.0594 e. The quantitative estimate of drug-likeness (QED) is 0.826. The van der Waals surface area contributed by atoms with E-state index in [-0.39, 0.29) is 0 Å². The summed E-state index contributed by atoms with van der Waals surface area (Å²) >= 11 is 0. The Bertz CT molecular complexity index is 296. The Morgan fingerprint density at radius 1 is 1.50 bits per heavy atom. The number of rotatable bonds is 5. The van der Waals surface area contributed by atoms with Crippen LogP contribution in [0.4, 0.5) is 0 Å². The fourth-order valence-electron chi connectivity index (χ4n) is 2.27. The monoisotopic (exact) mass is 220 g/mol. The second-order valence-corrected chi connectivity index (χ2v) is 4.26. The Balaban J connectivity index is 1.99. The molecule has 1 aromatic rings. The van der Waals surface area contributed by atoms with Crippen molar-refractivity contribution >= 4 is 0 Å². The molecule has 0 saturated carbocycles. The van der Waals surface area contributed by atoms with Gasteiger partial charge < -0.3 is 10.1 Å². The van der Waals surface area contributed by atoms with E-state index in [9.17, 15) is 0 Å².